The number of unbranched alkanes of at least 4 members (excludes halogenated alkanes) is 2. The molecule has 5 heterocycles. The van der Waals surface area contributed by atoms with Crippen LogP contribution in [-0.2, 0) is 80.8 Å². The molecule has 3 saturated heterocycles. The first-order valence-electron chi connectivity index (χ1n) is 32.3. The number of amides is 4. The summed E-state index contributed by atoms with van der Waals surface area (Å²) in [5.41, 5.74) is 10.7. The number of fused-ring (bicyclic) bond motifs is 2. The first kappa shape index (κ1) is 73.4. The zero-order chi connectivity index (χ0) is 72.3. The Balaban J connectivity index is 1.14. The second-order valence-corrected chi connectivity index (χ2v) is 24.4. The molecule has 30 heteroatoms. The number of nitrogens with zero attached hydrogens (tertiary/aromatic N) is 5. The summed E-state index contributed by atoms with van der Waals surface area (Å²) in [7, 11) is 0. The third-order valence-electron chi connectivity index (χ3n) is 17.2. The van der Waals surface area contributed by atoms with Gasteiger partial charge in [-0.2, -0.15) is 0 Å². The van der Waals surface area contributed by atoms with Crippen LogP contribution in [-0.4, -0.2) is 205 Å². The first-order valence-corrected chi connectivity index (χ1v) is 32.3. The molecule has 0 unspecified atom stereocenters. The molecule has 1 N–H and O–H groups in total. The minimum absolute atomic E-state index is 0.00707. The van der Waals surface area contributed by atoms with Crippen molar-refractivity contribution >= 4 is 65.4 Å². The maximum Gasteiger partial charge on any atom is 0.338 e. The summed E-state index contributed by atoms with van der Waals surface area (Å²) < 4.78 is 82.2. The van der Waals surface area contributed by atoms with Gasteiger partial charge in [-0.3, -0.25) is 48.2 Å². The molecule has 0 spiro atoms. The molecule has 0 aromatic heterocycles. The quantitative estimate of drug-likeness (QED) is 0.0120. The lowest BCUT2D eigenvalue weighted by Crippen LogP contribution is -2.70. The summed E-state index contributed by atoms with van der Waals surface area (Å²) in [5.74, 6) is -11.0. The molecule has 101 heavy (non-hydrogen) atoms. The van der Waals surface area contributed by atoms with E-state index in [1.165, 1.54) is 84.9 Å². The average Bonchev–Trinajstić information content (AvgIpc) is 1.67. The Morgan fingerprint density at radius 1 is 0.446 bits per heavy atom. The SMILES string of the molecule is CC(=O)OC[C@H]1O[C@@H](OC[C@H]2O[C@@H](OCCCCCN=[N+]=[N-])[C@H](N3C(=O)c4ccccc4C3=O)[C@@H](O[C@@H]3O[C@H](CO)[C@@H](OC(=O)c4ccc(C)cc4)[C@H](OC(=O)c4ccc(C)cc4)[C@H]3OC(=O)c3ccc(C)cc3)[C@H]2OC(C)=O)[C@H](N2C(=O)c3ccccc3C2=O)[C@@H](OC(C)=O)[C@H]1OC(C)=O. The fourth-order valence-corrected chi connectivity index (χ4v) is 12.4. The Bertz CT molecular complexity index is 3920. The predicted molar refractivity (Wildman–Crippen MR) is 344 cm³/mol. The summed E-state index contributed by atoms with van der Waals surface area (Å²) in [6, 6.07) is 25.8. The fraction of sp³-hybridized carbons (Fsp3) is 0.423. The van der Waals surface area contributed by atoms with Gasteiger partial charge in [0.05, 0.1) is 52.2 Å². The largest absolute Gasteiger partial charge is 0.463 e. The van der Waals surface area contributed by atoms with Crippen LogP contribution in [0.3, 0.4) is 0 Å². The van der Waals surface area contributed by atoms with E-state index >= 15 is 9.59 Å². The molecule has 5 aliphatic rings. The van der Waals surface area contributed by atoms with Crippen molar-refractivity contribution in [2.75, 3.05) is 33.0 Å². The molecule has 5 aromatic rings. The normalized spacial score (nSPS) is 26.0. The van der Waals surface area contributed by atoms with E-state index in [2.05, 4.69) is 10.0 Å². The third kappa shape index (κ3) is 16.8. The van der Waals surface area contributed by atoms with Crippen LogP contribution in [0.5, 0.6) is 0 Å². The van der Waals surface area contributed by atoms with Gasteiger partial charge in [0.1, 0.15) is 43.1 Å². The first-order chi connectivity index (χ1) is 48.5. The summed E-state index contributed by atoms with van der Waals surface area (Å²) in [6.07, 6.45) is -24.4. The number of aliphatic hydroxyl groups is 1. The van der Waals surface area contributed by atoms with E-state index in [1.54, 1.807) is 57.2 Å². The minimum Gasteiger partial charge on any atom is -0.463 e. The Morgan fingerprint density at radius 2 is 0.832 bits per heavy atom. The van der Waals surface area contributed by atoms with E-state index in [0.29, 0.717) is 17.7 Å². The molecule has 15 atom stereocenters. The number of benzene rings is 5. The Morgan fingerprint density at radius 3 is 1.27 bits per heavy atom. The van der Waals surface area contributed by atoms with E-state index in [9.17, 15) is 48.3 Å². The zero-order valence-electron chi connectivity index (χ0n) is 55.8. The number of aryl methyl sites for hydroxylation is 3. The van der Waals surface area contributed by atoms with Crippen molar-refractivity contribution in [2.45, 2.75) is 160 Å². The van der Waals surface area contributed by atoms with Crippen molar-refractivity contribution in [3.63, 3.8) is 0 Å². The molecule has 0 bridgehead atoms. The molecule has 4 amide bonds. The summed E-state index contributed by atoms with van der Waals surface area (Å²) >= 11 is 0. The highest BCUT2D eigenvalue weighted by Gasteiger charge is 2.62. The van der Waals surface area contributed by atoms with Crippen LogP contribution in [0, 0.1) is 20.8 Å². The number of aliphatic hydroxyl groups excluding tert-OH is 1. The number of azide groups is 1. The number of hydrogen-bond acceptors (Lipinski definition) is 26. The Hall–Kier alpha value is -10.3. The van der Waals surface area contributed by atoms with Gasteiger partial charge in [-0.1, -0.05) is 88.9 Å². The summed E-state index contributed by atoms with van der Waals surface area (Å²) in [5, 5.41) is 15.1. The van der Waals surface area contributed by atoms with Crippen molar-refractivity contribution in [3.8, 4) is 0 Å². The van der Waals surface area contributed by atoms with Crippen molar-refractivity contribution in [1.29, 1.82) is 0 Å². The number of esters is 7. The van der Waals surface area contributed by atoms with Gasteiger partial charge >= 0.3 is 41.8 Å². The van der Waals surface area contributed by atoms with Gasteiger partial charge < -0.3 is 66.7 Å². The smallest absolute Gasteiger partial charge is 0.338 e. The lowest BCUT2D eigenvalue weighted by atomic mass is 9.93. The van der Waals surface area contributed by atoms with E-state index in [4.69, 9.17) is 67.1 Å². The van der Waals surface area contributed by atoms with Gasteiger partial charge in [-0.15, -0.1) is 0 Å². The average molecular weight is 1400 g/mol. The van der Waals surface area contributed by atoms with Crippen molar-refractivity contribution in [1.82, 2.24) is 9.80 Å². The highest BCUT2D eigenvalue weighted by Crippen LogP contribution is 2.42. The maximum atomic E-state index is 15.2. The second-order valence-electron chi connectivity index (χ2n) is 24.4. The van der Waals surface area contributed by atoms with Crippen molar-refractivity contribution in [2.24, 2.45) is 5.11 Å². The topological polar surface area (TPSA) is 383 Å². The highest BCUT2D eigenvalue weighted by molar-refractivity contribution is 6.22. The van der Waals surface area contributed by atoms with Crippen LogP contribution in [0.15, 0.2) is 126 Å². The maximum absolute atomic E-state index is 15.2. The molecule has 10 rings (SSSR count). The van der Waals surface area contributed by atoms with Crippen LogP contribution >= 0.6 is 0 Å². The third-order valence-corrected chi connectivity index (χ3v) is 17.2. The Kier molecular flexibility index (Phi) is 23.8. The highest BCUT2D eigenvalue weighted by atomic mass is 16.8. The van der Waals surface area contributed by atoms with Gasteiger partial charge in [-0.25, -0.2) is 14.4 Å². The number of imide groups is 2. The summed E-state index contributed by atoms with van der Waals surface area (Å²) in [6.45, 7) is 6.42. The van der Waals surface area contributed by atoms with Crippen LogP contribution in [0.25, 0.3) is 10.4 Å². The van der Waals surface area contributed by atoms with E-state index < -0.39 is 177 Å². The molecule has 3 fully saturated rings. The standard InChI is InChI=1S/C71H73N5O25/c1-36-19-25-43(26-20-36)66(86)98-55-50(33-77)95-71(61(100-68(88)45-29-23-38(3)24-30-45)60(55)99-67(87)44-27-21-37(2)22-28-44)101-59-54(76-64(84)48-17-11-12-18-49(48)65(76)85)69(89-32-14-8-13-31-73-74-72)96-52(57(59)93-41(6)80)35-91-70-53(75-62(82)46-15-9-10-16-47(46)63(75)83)58(94-42(7)81)56(92-40(5)79)51(97-70)34-90-39(4)78/h9-12,15-30,50-61,69-71,77H,8,13-14,31-35H2,1-7H3/t50-,51-,52-,53-,54-,55-,56+,57+,58-,59-,60+,61-,69-,70-,71+/m1/s1. The molecule has 0 aliphatic carbocycles. The number of carbonyl (C=O) groups is 11. The zero-order valence-corrected chi connectivity index (χ0v) is 55.8. The number of carbonyl (C=O) groups excluding carboxylic acids is 11. The van der Waals surface area contributed by atoms with Crippen LogP contribution in [0.1, 0.15) is 136 Å². The molecule has 30 nitrogen and oxygen atoms in total. The van der Waals surface area contributed by atoms with Crippen LogP contribution < -0.4 is 0 Å². The van der Waals surface area contributed by atoms with E-state index in [-0.39, 0.29) is 58.5 Å². The molecule has 5 aromatic carbocycles. The van der Waals surface area contributed by atoms with Crippen LogP contribution in [0.4, 0.5) is 0 Å². The lowest BCUT2D eigenvalue weighted by Gasteiger charge is -2.51. The Labute approximate surface area is 577 Å². The lowest BCUT2D eigenvalue weighted by molar-refractivity contribution is -0.353. The monoisotopic (exact) mass is 1400 g/mol. The van der Waals surface area contributed by atoms with Gasteiger partial charge in [0.2, 0.25) is 0 Å². The molecular weight excluding hydrogens is 1320 g/mol. The van der Waals surface area contributed by atoms with Crippen LogP contribution in [0.2, 0.25) is 0 Å². The number of ether oxygens (including phenoxy) is 13. The number of hydrogen-bond donors (Lipinski definition) is 1. The number of rotatable bonds is 26. The molecule has 532 valence electrons. The molecule has 5 aliphatic heterocycles. The van der Waals surface area contributed by atoms with E-state index in [1.807, 2.05) is 0 Å². The van der Waals surface area contributed by atoms with Gasteiger partial charge in [-0.05, 0) is 99.8 Å². The molecule has 0 saturated carbocycles. The van der Waals surface area contributed by atoms with E-state index in [0.717, 1.165) is 49.3 Å². The van der Waals surface area contributed by atoms with Gasteiger partial charge in [0.15, 0.2) is 55.5 Å². The molecular formula is C71H73N5O25. The van der Waals surface area contributed by atoms with Gasteiger partial charge in [0.25, 0.3) is 23.6 Å². The van der Waals surface area contributed by atoms with Crippen molar-refractivity contribution in [3.05, 3.63) is 187 Å². The fourth-order valence-electron chi connectivity index (χ4n) is 12.4. The van der Waals surface area contributed by atoms with Gasteiger partial charge in [0, 0.05) is 45.8 Å². The second kappa shape index (κ2) is 32.8. The predicted octanol–water partition coefficient (Wildman–Crippen LogP) is 6.34. The van der Waals surface area contributed by atoms with Crippen molar-refractivity contribution < 1.29 is 119 Å². The minimum atomic E-state index is -2.24. The summed E-state index contributed by atoms with van der Waals surface area (Å²) in [4.78, 5) is 161. The molecule has 0 radical (unpaired) electrons.